The molecular weight excluding hydrogens is 344 g/mol. The number of fused-ring (bicyclic) bond motifs is 2. The Bertz CT molecular complexity index is 813. The zero-order valence-corrected chi connectivity index (χ0v) is 18.3. The van der Waals surface area contributed by atoms with Gasteiger partial charge in [-0.2, -0.15) is 0 Å². The average Bonchev–Trinajstić information content (AvgIpc) is 2.65. The van der Waals surface area contributed by atoms with Crippen molar-refractivity contribution >= 4 is 17.1 Å². The molecule has 0 spiro atoms. The minimum atomic E-state index is -0.0341. The van der Waals surface area contributed by atoms with E-state index in [1.807, 2.05) is 19.2 Å². The van der Waals surface area contributed by atoms with Crippen molar-refractivity contribution in [3.05, 3.63) is 65.2 Å². The quantitative estimate of drug-likeness (QED) is 0.555. The fraction of sp³-hybridized carbons (Fsp3) is 0.417. The van der Waals surface area contributed by atoms with Gasteiger partial charge in [0.2, 0.25) is 0 Å². The van der Waals surface area contributed by atoms with Crippen molar-refractivity contribution in [1.29, 1.82) is 0 Å². The van der Waals surface area contributed by atoms with Crippen LogP contribution in [0, 0.1) is 0 Å². The first kappa shape index (κ1) is 21.8. The minimum absolute atomic E-state index is 0.0341. The van der Waals surface area contributed by atoms with Crippen LogP contribution in [0.1, 0.15) is 64.2 Å². The Balaban J connectivity index is 0.000000640. The van der Waals surface area contributed by atoms with Gasteiger partial charge in [0, 0.05) is 35.9 Å². The van der Waals surface area contributed by atoms with Crippen LogP contribution in [-0.2, 0) is 6.54 Å². The number of anilines is 1. The molecule has 0 bridgehead atoms. The largest absolute Gasteiger partial charge is 0.396 e. The van der Waals surface area contributed by atoms with Crippen molar-refractivity contribution in [1.82, 2.24) is 5.01 Å². The van der Waals surface area contributed by atoms with E-state index in [0.717, 1.165) is 34.8 Å². The summed E-state index contributed by atoms with van der Waals surface area (Å²) in [7, 11) is 1.84. The second-order valence-corrected chi connectivity index (χ2v) is 8.30. The Morgan fingerprint density at radius 1 is 0.929 bits per heavy atom. The molecule has 1 aliphatic rings. The smallest absolute Gasteiger partial charge is 0.0843 e. The molecule has 0 saturated carbocycles. The van der Waals surface area contributed by atoms with Gasteiger partial charge in [0.15, 0.2) is 0 Å². The number of rotatable bonds is 2. The molecule has 4 heteroatoms. The molecule has 0 aliphatic carbocycles. The van der Waals surface area contributed by atoms with E-state index < -0.39 is 0 Å². The van der Waals surface area contributed by atoms with Crippen molar-refractivity contribution in [2.75, 3.05) is 11.9 Å². The van der Waals surface area contributed by atoms with E-state index in [1.54, 1.807) is 5.01 Å². The Kier molecular flexibility index (Phi) is 7.14. The number of para-hydroxylation sites is 1. The second kappa shape index (κ2) is 9.16. The van der Waals surface area contributed by atoms with Crippen molar-refractivity contribution in [3.63, 3.8) is 0 Å². The van der Waals surface area contributed by atoms with E-state index in [1.165, 1.54) is 18.4 Å². The fourth-order valence-corrected chi connectivity index (χ4v) is 3.34. The monoisotopic (exact) mass is 380 g/mol. The van der Waals surface area contributed by atoms with Gasteiger partial charge in [-0.3, -0.25) is 0 Å². The molecule has 0 radical (unpaired) electrons. The van der Waals surface area contributed by atoms with Gasteiger partial charge in [-0.15, -0.1) is 0 Å². The van der Waals surface area contributed by atoms with Crippen LogP contribution in [0.3, 0.4) is 0 Å². The first-order chi connectivity index (χ1) is 13.2. The Morgan fingerprint density at radius 2 is 1.46 bits per heavy atom. The summed E-state index contributed by atoms with van der Waals surface area (Å²) in [5.74, 6) is 6.18. The molecule has 1 heterocycles. The molecular formula is C24H36N4. The van der Waals surface area contributed by atoms with Crippen LogP contribution < -0.4 is 16.5 Å². The number of hydrazine groups is 1. The highest BCUT2D eigenvalue weighted by Crippen LogP contribution is 2.38. The number of nitrogens with two attached hydrogens (primary N) is 2. The molecule has 2 aromatic rings. The van der Waals surface area contributed by atoms with E-state index in [0.29, 0.717) is 0 Å². The van der Waals surface area contributed by atoms with Gasteiger partial charge >= 0.3 is 0 Å². The number of benzene rings is 2. The van der Waals surface area contributed by atoms with Gasteiger partial charge in [-0.25, -0.2) is 5.84 Å². The summed E-state index contributed by atoms with van der Waals surface area (Å²) >= 11 is 0. The zero-order valence-electron chi connectivity index (χ0n) is 18.3. The summed E-state index contributed by atoms with van der Waals surface area (Å²) in [6.07, 6.45) is 2.64. The summed E-state index contributed by atoms with van der Waals surface area (Å²) in [6, 6.07) is 16.6. The predicted octanol–water partition coefficient (Wildman–Crippen LogP) is 5.20. The maximum Gasteiger partial charge on any atom is 0.0843 e. The normalized spacial score (nSPS) is 16.2. The lowest BCUT2D eigenvalue weighted by Gasteiger charge is -2.41. The summed E-state index contributed by atoms with van der Waals surface area (Å²) in [4.78, 5) is 2.41. The SMILES string of the molecule is CCCC.CN(N)/C1=C(\N)c2ccccc2CN(C(C)(C)C)c2ccccc21. The molecule has 1 aliphatic heterocycles. The third kappa shape index (κ3) is 4.68. The molecule has 2 aromatic carbocycles. The summed E-state index contributed by atoms with van der Waals surface area (Å²) in [5, 5.41) is 1.62. The topological polar surface area (TPSA) is 58.5 Å². The maximum atomic E-state index is 6.57. The van der Waals surface area contributed by atoms with Crippen LogP contribution in [0.5, 0.6) is 0 Å². The standard InChI is InChI=1S/C20H26N4.C4H10/c1-20(2,3)24-13-14-9-5-6-10-15(14)18(21)19(23(4)22)16-11-7-8-12-17(16)24;1-3-4-2/h5-12H,13,21-22H2,1-4H3;3-4H2,1-2H3/b19-18-;. The Morgan fingerprint density at radius 3 is 2.00 bits per heavy atom. The van der Waals surface area contributed by atoms with E-state index in [9.17, 15) is 0 Å². The third-order valence-electron chi connectivity index (χ3n) is 5.00. The zero-order chi connectivity index (χ0) is 20.9. The van der Waals surface area contributed by atoms with E-state index in [-0.39, 0.29) is 5.54 Å². The maximum absolute atomic E-state index is 6.57. The van der Waals surface area contributed by atoms with Gasteiger partial charge in [0.1, 0.15) is 0 Å². The fourth-order valence-electron chi connectivity index (χ4n) is 3.34. The molecule has 4 N–H and O–H groups in total. The highest BCUT2D eigenvalue weighted by molar-refractivity contribution is 5.93. The number of hydrogen-bond donors (Lipinski definition) is 2. The number of nitrogens with zero attached hydrogens (tertiary/aromatic N) is 2. The molecule has 0 fully saturated rings. The van der Waals surface area contributed by atoms with E-state index in [4.69, 9.17) is 11.6 Å². The molecule has 152 valence electrons. The minimum Gasteiger partial charge on any atom is -0.396 e. The molecule has 0 atom stereocenters. The molecule has 0 amide bonds. The highest BCUT2D eigenvalue weighted by Gasteiger charge is 2.29. The predicted molar refractivity (Wildman–Crippen MR) is 122 cm³/mol. The first-order valence-electron chi connectivity index (χ1n) is 10.2. The summed E-state index contributed by atoms with van der Waals surface area (Å²) in [6.45, 7) is 11.9. The van der Waals surface area contributed by atoms with Crippen LogP contribution >= 0.6 is 0 Å². The molecule has 0 saturated heterocycles. The van der Waals surface area contributed by atoms with Gasteiger partial charge in [0.05, 0.1) is 11.4 Å². The van der Waals surface area contributed by atoms with Crippen LogP contribution in [0.4, 0.5) is 5.69 Å². The molecule has 28 heavy (non-hydrogen) atoms. The third-order valence-corrected chi connectivity index (χ3v) is 5.00. The molecule has 4 nitrogen and oxygen atoms in total. The Hall–Kier alpha value is -2.46. The van der Waals surface area contributed by atoms with Gasteiger partial charge in [-0.1, -0.05) is 69.2 Å². The second-order valence-electron chi connectivity index (χ2n) is 8.30. The number of unbranched alkanes of at least 4 members (excludes halogenated alkanes) is 1. The van der Waals surface area contributed by atoms with Crippen molar-refractivity contribution in [3.8, 4) is 0 Å². The average molecular weight is 381 g/mol. The molecule has 3 rings (SSSR count). The highest BCUT2D eigenvalue weighted by atomic mass is 15.4. The summed E-state index contributed by atoms with van der Waals surface area (Å²) in [5.41, 5.74) is 12.6. The lowest BCUT2D eigenvalue weighted by Crippen LogP contribution is -2.42. The van der Waals surface area contributed by atoms with E-state index in [2.05, 4.69) is 75.9 Å². The van der Waals surface area contributed by atoms with Crippen LogP contribution in [-0.4, -0.2) is 17.6 Å². The Labute approximate surface area is 170 Å². The van der Waals surface area contributed by atoms with Crippen molar-refractivity contribution in [2.24, 2.45) is 11.6 Å². The summed E-state index contributed by atoms with van der Waals surface area (Å²) < 4.78 is 0. The van der Waals surface area contributed by atoms with Crippen LogP contribution in [0.25, 0.3) is 11.4 Å². The number of hydrogen-bond acceptors (Lipinski definition) is 4. The van der Waals surface area contributed by atoms with Crippen molar-refractivity contribution < 1.29 is 0 Å². The lowest BCUT2D eigenvalue weighted by molar-refractivity contribution is 0.492. The first-order valence-corrected chi connectivity index (χ1v) is 10.2. The van der Waals surface area contributed by atoms with Gasteiger partial charge in [-0.05, 0) is 32.4 Å². The van der Waals surface area contributed by atoms with Crippen molar-refractivity contribution in [2.45, 2.75) is 59.5 Å². The van der Waals surface area contributed by atoms with Crippen LogP contribution in [0.2, 0.25) is 0 Å². The van der Waals surface area contributed by atoms with Gasteiger partial charge < -0.3 is 15.6 Å². The molecule has 0 unspecified atom stereocenters. The van der Waals surface area contributed by atoms with E-state index >= 15 is 0 Å². The lowest BCUT2D eigenvalue weighted by atomic mass is 9.93. The van der Waals surface area contributed by atoms with Crippen LogP contribution in [0.15, 0.2) is 48.5 Å². The van der Waals surface area contributed by atoms with Gasteiger partial charge in [0.25, 0.3) is 0 Å². The molecule has 0 aromatic heterocycles.